The van der Waals surface area contributed by atoms with E-state index in [0.29, 0.717) is 19.2 Å². The number of hydrogen-bond donors (Lipinski definition) is 0. The molecule has 0 unspecified atom stereocenters. The summed E-state index contributed by atoms with van der Waals surface area (Å²) in [4.78, 5) is 2.33. The molecule has 110 valence electrons. The molecule has 0 radical (unpaired) electrons. The van der Waals surface area contributed by atoms with Crippen molar-refractivity contribution in [1.29, 1.82) is 5.26 Å². The van der Waals surface area contributed by atoms with Crippen molar-refractivity contribution in [1.82, 2.24) is 4.90 Å². The lowest BCUT2D eigenvalue weighted by Gasteiger charge is -2.30. The van der Waals surface area contributed by atoms with Gasteiger partial charge in [0.25, 0.3) is 0 Å². The summed E-state index contributed by atoms with van der Waals surface area (Å²) in [6, 6.07) is 7.12. The predicted octanol–water partition coefficient (Wildman–Crippen LogP) is 3.33. The van der Waals surface area contributed by atoms with Gasteiger partial charge in [-0.2, -0.15) is 5.26 Å². The first-order chi connectivity index (χ1) is 9.65. The normalized spacial score (nSPS) is 11.1. The van der Waals surface area contributed by atoms with E-state index in [1.807, 2.05) is 6.07 Å². The highest BCUT2D eigenvalue weighted by Crippen LogP contribution is 2.16. The van der Waals surface area contributed by atoms with E-state index in [4.69, 9.17) is 10.00 Å². The summed E-state index contributed by atoms with van der Waals surface area (Å²) in [5.74, 6) is -0.456. The maximum Gasteiger partial charge on any atom is 0.140 e. The lowest BCUT2D eigenvalue weighted by molar-refractivity contribution is 0.110. The Hall–Kier alpha value is -1.44. The topological polar surface area (TPSA) is 36.3 Å². The Labute approximate surface area is 121 Å². The van der Waals surface area contributed by atoms with Crippen molar-refractivity contribution in [2.45, 2.75) is 39.3 Å². The van der Waals surface area contributed by atoms with E-state index in [-0.39, 0.29) is 5.56 Å². The molecule has 4 heteroatoms. The van der Waals surface area contributed by atoms with E-state index >= 15 is 0 Å². The van der Waals surface area contributed by atoms with Gasteiger partial charge in [0.2, 0.25) is 0 Å². The average molecular weight is 278 g/mol. The van der Waals surface area contributed by atoms with E-state index in [9.17, 15) is 4.39 Å². The van der Waals surface area contributed by atoms with Gasteiger partial charge in [-0.25, -0.2) is 4.39 Å². The molecule has 0 saturated carbocycles. The molecule has 0 bridgehead atoms. The first kappa shape index (κ1) is 16.6. The molecule has 0 aliphatic rings. The summed E-state index contributed by atoms with van der Waals surface area (Å²) < 4.78 is 18.5. The first-order valence-electron chi connectivity index (χ1n) is 7.07. The SMILES string of the molecule is CCC(CC)N(CCOC)Cc1ccc(F)c(C#N)c1. The highest BCUT2D eigenvalue weighted by atomic mass is 19.1. The highest BCUT2D eigenvalue weighted by molar-refractivity contribution is 5.34. The molecule has 1 aromatic carbocycles. The fraction of sp³-hybridized carbons (Fsp3) is 0.562. The quantitative estimate of drug-likeness (QED) is 0.731. The van der Waals surface area contributed by atoms with Gasteiger partial charge >= 0.3 is 0 Å². The Balaban J connectivity index is 2.85. The van der Waals surface area contributed by atoms with Gasteiger partial charge < -0.3 is 4.74 Å². The second-order valence-electron chi connectivity index (χ2n) is 4.86. The van der Waals surface area contributed by atoms with Crippen LogP contribution in [0, 0.1) is 17.1 Å². The summed E-state index contributed by atoms with van der Waals surface area (Å²) in [6.07, 6.45) is 2.12. The molecular weight excluding hydrogens is 255 g/mol. The van der Waals surface area contributed by atoms with Gasteiger partial charge in [-0.15, -0.1) is 0 Å². The average Bonchev–Trinajstić information content (AvgIpc) is 2.47. The van der Waals surface area contributed by atoms with Crippen LogP contribution < -0.4 is 0 Å². The molecule has 0 N–H and O–H groups in total. The highest BCUT2D eigenvalue weighted by Gasteiger charge is 2.15. The van der Waals surface area contributed by atoms with Crippen LogP contribution in [0.3, 0.4) is 0 Å². The van der Waals surface area contributed by atoms with Crippen LogP contribution >= 0.6 is 0 Å². The van der Waals surface area contributed by atoms with Crippen molar-refractivity contribution in [3.8, 4) is 6.07 Å². The third-order valence-electron chi connectivity index (χ3n) is 3.58. The van der Waals surface area contributed by atoms with E-state index in [2.05, 4.69) is 18.7 Å². The minimum atomic E-state index is -0.456. The van der Waals surface area contributed by atoms with Crippen LogP contribution in [0.5, 0.6) is 0 Å². The number of benzene rings is 1. The summed E-state index contributed by atoms with van der Waals surface area (Å²) in [5.41, 5.74) is 1.07. The Morgan fingerprint density at radius 2 is 2.05 bits per heavy atom. The van der Waals surface area contributed by atoms with E-state index in [1.54, 1.807) is 19.2 Å². The minimum Gasteiger partial charge on any atom is -0.383 e. The molecule has 3 nitrogen and oxygen atoms in total. The predicted molar refractivity (Wildman–Crippen MR) is 77.8 cm³/mol. The summed E-state index contributed by atoms with van der Waals surface area (Å²) in [7, 11) is 1.69. The molecule has 0 amide bonds. The number of methoxy groups -OCH3 is 1. The van der Waals surface area contributed by atoms with Crippen molar-refractivity contribution < 1.29 is 9.13 Å². The van der Waals surface area contributed by atoms with Gasteiger partial charge in [0.15, 0.2) is 0 Å². The van der Waals surface area contributed by atoms with Gasteiger partial charge in [0.1, 0.15) is 11.9 Å². The summed E-state index contributed by atoms with van der Waals surface area (Å²) in [6.45, 7) is 6.55. The fourth-order valence-electron chi connectivity index (χ4n) is 2.40. The molecular formula is C16H23FN2O. The third-order valence-corrected chi connectivity index (χ3v) is 3.58. The smallest absolute Gasteiger partial charge is 0.140 e. The monoisotopic (exact) mass is 278 g/mol. The Morgan fingerprint density at radius 3 is 2.60 bits per heavy atom. The van der Waals surface area contributed by atoms with Crippen molar-refractivity contribution >= 4 is 0 Å². The molecule has 0 heterocycles. The van der Waals surface area contributed by atoms with Crippen LogP contribution in [-0.4, -0.2) is 31.2 Å². The number of nitriles is 1. The van der Waals surface area contributed by atoms with Crippen molar-refractivity contribution in [3.05, 3.63) is 35.1 Å². The Morgan fingerprint density at radius 1 is 1.35 bits per heavy atom. The zero-order valence-electron chi connectivity index (χ0n) is 12.5. The Bertz CT molecular complexity index is 452. The number of ether oxygens (including phenoxy) is 1. The Kier molecular flexibility index (Phi) is 7.21. The van der Waals surface area contributed by atoms with Crippen LogP contribution in [0.2, 0.25) is 0 Å². The molecule has 0 atom stereocenters. The molecule has 1 aromatic rings. The van der Waals surface area contributed by atoms with E-state index in [1.165, 1.54) is 6.07 Å². The lowest BCUT2D eigenvalue weighted by Crippen LogP contribution is -2.36. The zero-order chi connectivity index (χ0) is 15.0. The maximum absolute atomic E-state index is 13.3. The summed E-state index contributed by atoms with van der Waals surface area (Å²) in [5, 5.41) is 8.90. The van der Waals surface area contributed by atoms with Gasteiger partial charge in [-0.3, -0.25) is 4.90 Å². The van der Waals surface area contributed by atoms with Crippen molar-refractivity contribution in [2.24, 2.45) is 0 Å². The number of rotatable bonds is 8. The van der Waals surface area contributed by atoms with E-state index in [0.717, 1.165) is 24.9 Å². The van der Waals surface area contributed by atoms with Crippen LogP contribution in [0.4, 0.5) is 4.39 Å². The van der Waals surface area contributed by atoms with Gasteiger partial charge in [-0.1, -0.05) is 19.9 Å². The second-order valence-corrected chi connectivity index (χ2v) is 4.86. The standard InChI is InChI=1S/C16H23FN2O/c1-4-15(5-2)19(8-9-20-3)12-13-6-7-16(17)14(10-13)11-18/h6-7,10,15H,4-5,8-9,12H2,1-3H3. The number of nitrogens with zero attached hydrogens (tertiary/aromatic N) is 2. The minimum absolute atomic E-state index is 0.110. The molecule has 0 spiro atoms. The molecule has 1 rings (SSSR count). The molecule has 0 aliphatic heterocycles. The van der Waals surface area contributed by atoms with Gasteiger partial charge in [-0.05, 0) is 30.5 Å². The molecule has 0 fully saturated rings. The van der Waals surface area contributed by atoms with Crippen LogP contribution in [0.15, 0.2) is 18.2 Å². The second kappa shape index (κ2) is 8.68. The zero-order valence-corrected chi connectivity index (χ0v) is 12.5. The number of halogens is 1. The van der Waals surface area contributed by atoms with Crippen LogP contribution in [-0.2, 0) is 11.3 Å². The fourth-order valence-corrected chi connectivity index (χ4v) is 2.40. The maximum atomic E-state index is 13.3. The third kappa shape index (κ3) is 4.59. The van der Waals surface area contributed by atoms with Crippen molar-refractivity contribution in [3.63, 3.8) is 0 Å². The summed E-state index contributed by atoms with van der Waals surface area (Å²) >= 11 is 0. The molecule has 0 aromatic heterocycles. The largest absolute Gasteiger partial charge is 0.383 e. The number of hydrogen-bond acceptors (Lipinski definition) is 3. The van der Waals surface area contributed by atoms with Crippen molar-refractivity contribution in [2.75, 3.05) is 20.3 Å². The first-order valence-corrected chi connectivity index (χ1v) is 7.07. The van der Waals surface area contributed by atoms with Gasteiger partial charge in [0, 0.05) is 26.2 Å². The van der Waals surface area contributed by atoms with Crippen LogP contribution in [0.25, 0.3) is 0 Å². The van der Waals surface area contributed by atoms with Gasteiger partial charge in [0.05, 0.1) is 12.2 Å². The lowest BCUT2D eigenvalue weighted by atomic mass is 10.1. The van der Waals surface area contributed by atoms with E-state index < -0.39 is 5.82 Å². The van der Waals surface area contributed by atoms with Crippen LogP contribution in [0.1, 0.15) is 37.8 Å². The molecule has 0 saturated heterocycles. The molecule has 0 aliphatic carbocycles. The molecule has 20 heavy (non-hydrogen) atoms.